The van der Waals surface area contributed by atoms with E-state index in [9.17, 15) is 0 Å². The number of anilines is 1. The van der Waals surface area contributed by atoms with Gasteiger partial charge in [-0.1, -0.05) is 13.8 Å². The second kappa shape index (κ2) is 5.41. The molecule has 0 aromatic carbocycles. The highest BCUT2D eigenvalue weighted by Gasteiger charge is 2.04. The lowest BCUT2D eigenvalue weighted by molar-refractivity contribution is 0.653. The Bertz CT molecular complexity index is 420. The third-order valence-electron chi connectivity index (χ3n) is 2.07. The number of hydrogen-bond acceptors (Lipinski definition) is 5. The molecule has 2 aromatic heterocycles. The molecule has 0 spiro atoms. The molecule has 2 rings (SSSR count). The zero-order valence-electron chi connectivity index (χ0n) is 9.43. The molecule has 1 N–H and O–H groups in total. The molecule has 0 bridgehead atoms. The van der Waals surface area contributed by atoms with Crippen LogP contribution in [0.25, 0.3) is 0 Å². The molecule has 0 atom stereocenters. The number of nitrogens with one attached hydrogen (secondary N) is 1. The van der Waals surface area contributed by atoms with Crippen molar-refractivity contribution in [3.8, 4) is 0 Å². The summed E-state index contributed by atoms with van der Waals surface area (Å²) in [7, 11) is 0. The second-order valence-electron chi connectivity index (χ2n) is 4.06. The van der Waals surface area contributed by atoms with Gasteiger partial charge in [0.2, 0.25) is 0 Å². The van der Waals surface area contributed by atoms with Crippen molar-refractivity contribution in [2.24, 2.45) is 5.92 Å². The Morgan fingerprint density at radius 1 is 1.38 bits per heavy atom. The fourth-order valence-electron chi connectivity index (χ4n) is 1.38. The van der Waals surface area contributed by atoms with Gasteiger partial charge in [0.15, 0.2) is 5.13 Å². The van der Waals surface area contributed by atoms with E-state index < -0.39 is 0 Å². The van der Waals surface area contributed by atoms with Gasteiger partial charge < -0.3 is 5.32 Å². The molecule has 2 heterocycles. The number of thiazole rings is 2. The number of rotatable bonds is 5. The average molecular weight is 253 g/mol. The Labute approximate surface area is 104 Å². The van der Waals surface area contributed by atoms with E-state index in [1.165, 1.54) is 4.88 Å². The Balaban J connectivity index is 1.88. The number of nitrogens with zero attached hydrogens (tertiary/aromatic N) is 2. The zero-order chi connectivity index (χ0) is 11.4. The quantitative estimate of drug-likeness (QED) is 0.887. The molecule has 0 saturated carbocycles. The van der Waals surface area contributed by atoms with Gasteiger partial charge >= 0.3 is 0 Å². The van der Waals surface area contributed by atoms with Crippen molar-refractivity contribution in [3.05, 3.63) is 27.7 Å². The van der Waals surface area contributed by atoms with Crippen LogP contribution in [0.2, 0.25) is 0 Å². The first-order valence-corrected chi connectivity index (χ1v) is 7.05. The minimum Gasteiger partial charge on any atom is -0.356 e. The van der Waals surface area contributed by atoms with Crippen LogP contribution in [0.1, 0.15) is 24.4 Å². The van der Waals surface area contributed by atoms with E-state index in [0.29, 0.717) is 5.92 Å². The predicted octanol–water partition coefficient (Wildman–Crippen LogP) is 3.41. The van der Waals surface area contributed by atoms with Gasteiger partial charge in [0.1, 0.15) is 0 Å². The third-order valence-corrected chi connectivity index (χ3v) is 3.68. The minimum absolute atomic E-state index is 0.687. The molecule has 5 heteroatoms. The summed E-state index contributed by atoms with van der Waals surface area (Å²) in [5.74, 6) is 0.687. The molecule has 0 amide bonds. The van der Waals surface area contributed by atoms with Crippen molar-refractivity contribution in [2.75, 3.05) is 5.32 Å². The molecule has 0 aliphatic heterocycles. The van der Waals surface area contributed by atoms with Crippen molar-refractivity contribution in [3.63, 3.8) is 0 Å². The Morgan fingerprint density at radius 2 is 2.25 bits per heavy atom. The summed E-state index contributed by atoms with van der Waals surface area (Å²) in [5, 5.41) is 6.33. The predicted molar refractivity (Wildman–Crippen MR) is 70.1 cm³/mol. The Hall–Kier alpha value is -0.940. The molecule has 16 heavy (non-hydrogen) atoms. The lowest BCUT2D eigenvalue weighted by Gasteiger charge is -2.00. The molecule has 0 aliphatic rings. The van der Waals surface area contributed by atoms with E-state index in [2.05, 4.69) is 34.5 Å². The topological polar surface area (TPSA) is 37.8 Å². The molecule has 0 fully saturated rings. The summed E-state index contributed by atoms with van der Waals surface area (Å²) in [6.07, 6.45) is 3.07. The standard InChI is InChI=1S/C11H15N3S2/c1-8(2)3-10-5-13-11(16-10)12-4-9-6-15-7-14-9/h5-8H,3-4H2,1-2H3,(H,12,13). The van der Waals surface area contributed by atoms with Gasteiger partial charge in [-0.2, -0.15) is 0 Å². The van der Waals surface area contributed by atoms with Crippen molar-refractivity contribution >= 4 is 27.8 Å². The average Bonchev–Trinajstić information content (AvgIpc) is 2.84. The van der Waals surface area contributed by atoms with Gasteiger partial charge in [-0.3, -0.25) is 0 Å². The fourth-order valence-corrected chi connectivity index (χ4v) is 2.96. The van der Waals surface area contributed by atoms with Crippen LogP contribution in [-0.4, -0.2) is 9.97 Å². The Morgan fingerprint density at radius 3 is 2.94 bits per heavy atom. The van der Waals surface area contributed by atoms with Gasteiger partial charge in [0.05, 0.1) is 17.7 Å². The lowest BCUT2D eigenvalue weighted by atomic mass is 10.1. The lowest BCUT2D eigenvalue weighted by Crippen LogP contribution is -1.98. The van der Waals surface area contributed by atoms with Crippen molar-refractivity contribution < 1.29 is 0 Å². The van der Waals surface area contributed by atoms with Crippen LogP contribution in [0, 0.1) is 5.92 Å². The normalized spacial score (nSPS) is 10.9. The van der Waals surface area contributed by atoms with Crippen LogP contribution in [-0.2, 0) is 13.0 Å². The largest absolute Gasteiger partial charge is 0.356 e. The smallest absolute Gasteiger partial charge is 0.183 e. The molecule has 0 unspecified atom stereocenters. The summed E-state index contributed by atoms with van der Waals surface area (Å²) in [6.45, 7) is 5.21. The summed E-state index contributed by atoms with van der Waals surface area (Å²) in [5.41, 5.74) is 2.92. The Kier molecular flexibility index (Phi) is 3.90. The van der Waals surface area contributed by atoms with Crippen LogP contribution >= 0.6 is 22.7 Å². The summed E-state index contributed by atoms with van der Waals surface area (Å²) >= 11 is 3.36. The van der Waals surface area contributed by atoms with E-state index in [0.717, 1.165) is 23.8 Å². The van der Waals surface area contributed by atoms with Crippen molar-refractivity contribution in [1.82, 2.24) is 9.97 Å². The molecule has 2 aromatic rings. The highest BCUT2D eigenvalue weighted by molar-refractivity contribution is 7.15. The zero-order valence-corrected chi connectivity index (χ0v) is 11.1. The van der Waals surface area contributed by atoms with Gasteiger partial charge in [-0.15, -0.1) is 22.7 Å². The monoisotopic (exact) mass is 253 g/mol. The molecule has 0 radical (unpaired) electrons. The van der Waals surface area contributed by atoms with Crippen LogP contribution in [0.5, 0.6) is 0 Å². The minimum atomic E-state index is 0.687. The molecule has 0 saturated heterocycles. The van der Waals surface area contributed by atoms with E-state index in [-0.39, 0.29) is 0 Å². The van der Waals surface area contributed by atoms with Gasteiger partial charge in [-0.05, 0) is 12.3 Å². The van der Waals surface area contributed by atoms with E-state index in [4.69, 9.17) is 0 Å². The second-order valence-corrected chi connectivity index (χ2v) is 5.90. The third kappa shape index (κ3) is 3.28. The van der Waals surface area contributed by atoms with Gasteiger partial charge in [0.25, 0.3) is 0 Å². The van der Waals surface area contributed by atoms with E-state index in [1.807, 2.05) is 11.7 Å². The van der Waals surface area contributed by atoms with Crippen LogP contribution in [0.4, 0.5) is 5.13 Å². The SMILES string of the molecule is CC(C)Cc1cnc(NCc2cscn2)s1. The molecule has 86 valence electrons. The van der Waals surface area contributed by atoms with Crippen molar-refractivity contribution in [1.29, 1.82) is 0 Å². The van der Waals surface area contributed by atoms with Crippen LogP contribution < -0.4 is 5.32 Å². The fraction of sp³-hybridized carbons (Fsp3) is 0.455. The molecular weight excluding hydrogens is 238 g/mol. The molecular formula is C11H15N3S2. The summed E-state index contributed by atoms with van der Waals surface area (Å²) < 4.78 is 0. The number of hydrogen-bond donors (Lipinski definition) is 1. The highest BCUT2D eigenvalue weighted by atomic mass is 32.1. The van der Waals surface area contributed by atoms with Crippen molar-refractivity contribution in [2.45, 2.75) is 26.8 Å². The molecule has 0 aliphatic carbocycles. The maximum Gasteiger partial charge on any atom is 0.183 e. The maximum atomic E-state index is 4.35. The highest BCUT2D eigenvalue weighted by Crippen LogP contribution is 2.21. The van der Waals surface area contributed by atoms with E-state index >= 15 is 0 Å². The summed E-state index contributed by atoms with van der Waals surface area (Å²) in [6, 6.07) is 0. The van der Waals surface area contributed by atoms with Crippen LogP contribution in [0.3, 0.4) is 0 Å². The van der Waals surface area contributed by atoms with E-state index in [1.54, 1.807) is 22.7 Å². The first-order valence-electron chi connectivity index (χ1n) is 5.29. The first kappa shape index (κ1) is 11.5. The molecule has 3 nitrogen and oxygen atoms in total. The first-order chi connectivity index (χ1) is 7.74. The van der Waals surface area contributed by atoms with Gasteiger partial charge in [0, 0.05) is 16.5 Å². The number of aromatic nitrogens is 2. The van der Waals surface area contributed by atoms with Crippen LogP contribution in [0.15, 0.2) is 17.1 Å². The van der Waals surface area contributed by atoms with Gasteiger partial charge in [-0.25, -0.2) is 9.97 Å². The summed E-state index contributed by atoms with van der Waals surface area (Å²) in [4.78, 5) is 9.91. The maximum absolute atomic E-state index is 4.35.